The zero-order chi connectivity index (χ0) is 18.4. The number of ether oxygens (including phenoxy) is 1. The van der Waals surface area contributed by atoms with Gasteiger partial charge in [-0.1, -0.05) is 36.4 Å². The highest BCUT2D eigenvalue weighted by molar-refractivity contribution is 6.06. The summed E-state index contributed by atoms with van der Waals surface area (Å²) in [6.07, 6.45) is 0. The number of nitrogens with one attached hydrogen (secondary N) is 2. The highest BCUT2D eigenvalue weighted by atomic mass is 16.5. The Bertz CT molecular complexity index is 926. The number of hydrogen-bond donors (Lipinski definition) is 3. The number of benzene rings is 3. The molecule has 6 nitrogen and oxygen atoms in total. The maximum Gasteiger partial charge on any atom is 0.316 e. The van der Waals surface area contributed by atoms with Crippen molar-refractivity contribution in [2.45, 2.75) is 0 Å². The summed E-state index contributed by atoms with van der Waals surface area (Å²) in [5, 5.41) is 5.25. The smallest absolute Gasteiger partial charge is 0.316 e. The van der Waals surface area contributed by atoms with Gasteiger partial charge in [0, 0.05) is 11.4 Å². The molecule has 3 amide bonds. The van der Waals surface area contributed by atoms with Gasteiger partial charge in [-0.05, 0) is 42.5 Å². The van der Waals surface area contributed by atoms with Gasteiger partial charge in [-0.15, -0.1) is 0 Å². The number of nitrogens with two attached hydrogens (primary N) is 1. The Kier molecular flexibility index (Phi) is 5.14. The van der Waals surface area contributed by atoms with Gasteiger partial charge in [0.25, 0.3) is 5.91 Å². The molecule has 0 radical (unpaired) electrons. The first kappa shape index (κ1) is 17.0. The molecule has 0 heterocycles. The van der Waals surface area contributed by atoms with Crippen molar-refractivity contribution < 1.29 is 14.3 Å². The Hall–Kier alpha value is -3.80. The van der Waals surface area contributed by atoms with E-state index in [1.54, 1.807) is 48.5 Å². The monoisotopic (exact) mass is 347 g/mol. The second-order valence-corrected chi connectivity index (χ2v) is 5.44. The van der Waals surface area contributed by atoms with Gasteiger partial charge in [-0.2, -0.15) is 0 Å². The minimum absolute atomic E-state index is 0.326. The van der Waals surface area contributed by atoms with E-state index < -0.39 is 6.03 Å². The molecular formula is C20H17N3O3. The van der Waals surface area contributed by atoms with E-state index in [0.717, 1.165) is 0 Å². The second kappa shape index (κ2) is 7.85. The Labute approximate surface area is 150 Å². The summed E-state index contributed by atoms with van der Waals surface area (Å²) in [4.78, 5) is 23.6. The van der Waals surface area contributed by atoms with Crippen molar-refractivity contribution >= 4 is 23.3 Å². The summed E-state index contributed by atoms with van der Waals surface area (Å²) < 4.78 is 5.81. The van der Waals surface area contributed by atoms with Gasteiger partial charge in [0.15, 0.2) is 0 Å². The Morgan fingerprint density at radius 3 is 2.15 bits per heavy atom. The van der Waals surface area contributed by atoms with E-state index in [4.69, 9.17) is 10.5 Å². The zero-order valence-electron chi connectivity index (χ0n) is 13.8. The molecule has 0 aromatic heterocycles. The minimum Gasteiger partial charge on any atom is -0.457 e. The van der Waals surface area contributed by atoms with Crippen LogP contribution >= 0.6 is 0 Å². The Balaban J connectivity index is 1.79. The van der Waals surface area contributed by atoms with E-state index in [2.05, 4.69) is 10.6 Å². The maximum absolute atomic E-state index is 12.7. The maximum atomic E-state index is 12.7. The molecule has 0 aliphatic heterocycles. The van der Waals surface area contributed by atoms with Crippen LogP contribution in [0.1, 0.15) is 10.4 Å². The van der Waals surface area contributed by atoms with Gasteiger partial charge in [-0.25, -0.2) is 4.79 Å². The molecule has 0 aliphatic rings. The second-order valence-electron chi connectivity index (χ2n) is 5.44. The molecule has 0 bridgehead atoms. The van der Waals surface area contributed by atoms with Gasteiger partial charge in [0.1, 0.15) is 11.5 Å². The summed E-state index contributed by atoms with van der Waals surface area (Å²) in [7, 11) is 0. The number of carbonyl (C=O) groups excluding carboxylic acids is 2. The molecule has 0 atom stereocenters. The van der Waals surface area contributed by atoms with E-state index in [-0.39, 0.29) is 5.91 Å². The van der Waals surface area contributed by atoms with Crippen LogP contribution in [-0.2, 0) is 0 Å². The molecular weight excluding hydrogens is 330 g/mol. The fourth-order valence-corrected chi connectivity index (χ4v) is 2.37. The predicted octanol–water partition coefficient (Wildman–Crippen LogP) is 4.22. The lowest BCUT2D eigenvalue weighted by Crippen LogP contribution is -2.19. The van der Waals surface area contributed by atoms with E-state index in [0.29, 0.717) is 28.4 Å². The van der Waals surface area contributed by atoms with Gasteiger partial charge in [-0.3, -0.25) is 4.79 Å². The van der Waals surface area contributed by atoms with Gasteiger partial charge < -0.3 is 21.1 Å². The molecule has 0 saturated carbocycles. The largest absolute Gasteiger partial charge is 0.457 e. The molecule has 130 valence electrons. The molecule has 0 fully saturated rings. The summed E-state index contributed by atoms with van der Waals surface area (Å²) in [5.74, 6) is 0.760. The van der Waals surface area contributed by atoms with E-state index >= 15 is 0 Å². The van der Waals surface area contributed by atoms with Crippen molar-refractivity contribution in [3.8, 4) is 11.5 Å². The average molecular weight is 347 g/mol. The lowest BCUT2D eigenvalue weighted by molar-refractivity contribution is 0.102. The third-order valence-corrected chi connectivity index (χ3v) is 3.49. The van der Waals surface area contributed by atoms with Gasteiger partial charge in [0.2, 0.25) is 0 Å². The number of hydrogen-bond acceptors (Lipinski definition) is 3. The first-order valence-corrected chi connectivity index (χ1v) is 7.91. The molecule has 0 aliphatic carbocycles. The summed E-state index contributed by atoms with van der Waals surface area (Å²) in [6, 6.07) is 22.2. The van der Waals surface area contributed by atoms with E-state index in [1.165, 1.54) is 0 Å². The van der Waals surface area contributed by atoms with Crippen LogP contribution in [0.25, 0.3) is 0 Å². The van der Waals surface area contributed by atoms with Crippen molar-refractivity contribution in [1.29, 1.82) is 0 Å². The fraction of sp³-hybridized carbons (Fsp3) is 0. The molecule has 3 aromatic rings. The molecule has 26 heavy (non-hydrogen) atoms. The highest BCUT2D eigenvalue weighted by Crippen LogP contribution is 2.26. The molecule has 0 spiro atoms. The topological polar surface area (TPSA) is 93.5 Å². The molecule has 3 aromatic carbocycles. The van der Waals surface area contributed by atoms with Crippen molar-refractivity contribution in [2.24, 2.45) is 5.73 Å². The molecule has 4 N–H and O–H groups in total. The summed E-state index contributed by atoms with van der Waals surface area (Å²) in [5.41, 5.74) is 6.51. The Morgan fingerprint density at radius 1 is 0.769 bits per heavy atom. The van der Waals surface area contributed by atoms with Crippen LogP contribution in [0.4, 0.5) is 16.2 Å². The zero-order valence-corrected chi connectivity index (χ0v) is 13.8. The molecule has 6 heteroatoms. The van der Waals surface area contributed by atoms with Crippen LogP contribution in [0.3, 0.4) is 0 Å². The number of amides is 3. The first-order chi connectivity index (χ1) is 12.6. The SMILES string of the molecule is NC(=O)Nc1cccc(NC(=O)c2ccccc2Oc2ccccc2)c1. The molecule has 0 unspecified atom stereocenters. The van der Waals surface area contributed by atoms with Crippen molar-refractivity contribution in [3.63, 3.8) is 0 Å². The molecule has 0 saturated heterocycles. The predicted molar refractivity (Wildman–Crippen MR) is 101 cm³/mol. The summed E-state index contributed by atoms with van der Waals surface area (Å²) in [6.45, 7) is 0. The van der Waals surface area contributed by atoms with Crippen molar-refractivity contribution in [3.05, 3.63) is 84.4 Å². The van der Waals surface area contributed by atoms with Crippen LogP contribution in [0.5, 0.6) is 11.5 Å². The van der Waals surface area contributed by atoms with Crippen molar-refractivity contribution in [2.75, 3.05) is 10.6 Å². The molecule has 3 rings (SSSR count). The fourth-order valence-electron chi connectivity index (χ4n) is 2.37. The lowest BCUT2D eigenvalue weighted by Gasteiger charge is -2.12. The van der Waals surface area contributed by atoms with Crippen LogP contribution in [-0.4, -0.2) is 11.9 Å². The third-order valence-electron chi connectivity index (χ3n) is 3.49. The Morgan fingerprint density at radius 2 is 1.42 bits per heavy atom. The normalized spacial score (nSPS) is 10.0. The number of urea groups is 1. The van der Waals surface area contributed by atoms with Crippen LogP contribution in [0, 0.1) is 0 Å². The summed E-state index contributed by atoms with van der Waals surface area (Å²) >= 11 is 0. The first-order valence-electron chi connectivity index (χ1n) is 7.91. The number of primary amides is 1. The van der Waals surface area contributed by atoms with Crippen LogP contribution in [0.15, 0.2) is 78.9 Å². The van der Waals surface area contributed by atoms with Crippen LogP contribution < -0.4 is 21.1 Å². The van der Waals surface area contributed by atoms with E-state index in [9.17, 15) is 9.59 Å². The van der Waals surface area contributed by atoms with Crippen molar-refractivity contribution in [1.82, 2.24) is 0 Å². The average Bonchev–Trinajstić information content (AvgIpc) is 2.63. The minimum atomic E-state index is -0.671. The number of rotatable bonds is 5. The number of para-hydroxylation sites is 2. The van der Waals surface area contributed by atoms with Crippen LogP contribution in [0.2, 0.25) is 0 Å². The van der Waals surface area contributed by atoms with Gasteiger partial charge in [0.05, 0.1) is 5.56 Å². The third kappa shape index (κ3) is 4.39. The quantitative estimate of drug-likeness (QED) is 0.645. The highest BCUT2D eigenvalue weighted by Gasteiger charge is 2.13. The van der Waals surface area contributed by atoms with E-state index in [1.807, 2.05) is 30.3 Å². The van der Waals surface area contributed by atoms with Gasteiger partial charge >= 0.3 is 6.03 Å². The number of anilines is 2. The number of carbonyl (C=O) groups is 2. The standard InChI is InChI=1S/C20H17N3O3/c21-20(25)23-15-8-6-7-14(13-15)22-19(24)17-11-4-5-12-18(17)26-16-9-2-1-3-10-16/h1-13H,(H,22,24)(H3,21,23,25). The lowest BCUT2D eigenvalue weighted by atomic mass is 10.1.